The second-order valence-corrected chi connectivity index (χ2v) is 8.65. The van der Waals surface area contributed by atoms with Gasteiger partial charge in [-0.3, -0.25) is 0 Å². The van der Waals surface area contributed by atoms with Gasteiger partial charge in [0.05, 0.1) is 17.9 Å². The van der Waals surface area contributed by atoms with E-state index in [1.54, 1.807) is 21.0 Å². The number of methoxy groups -OCH3 is 1. The number of ether oxygens (including phenoxy) is 1. The number of aryl methyl sites for hydroxylation is 1. The second-order valence-electron chi connectivity index (χ2n) is 5.20. The van der Waals surface area contributed by atoms with Crippen LogP contribution in [-0.2, 0) is 9.84 Å². The standard InChI is InChI=1S/C13H20BrNO3S/c1-8-6-11(18-4)9(7-10(8)14)12(15)13(2,3)19(5,16)17/h6-7,12H,15H2,1-5H3. The SMILES string of the molecule is COc1cc(C)c(Br)cc1C(N)C(C)(C)S(C)(=O)=O. The van der Waals surface area contributed by atoms with Gasteiger partial charge in [-0.2, -0.15) is 0 Å². The molecule has 19 heavy (non-hydrogen) atoms. The number of hydrogen-bond acceptors (Lipinski definition) is 4. The molecule has 0 aromatic heterocycles. The molecule has 2 N–H and O–H groups in total. The summed E-state index contributed by atoms with van der Waals surface area (Å²) in [7, 11) is -1.75. The van der Waals surface area contributed by atoms with E-state index in [2.05, 4.69) is 15.9 Å². The fraction of sp³-hybridized carbons (Fsp3) is 0.538. The van der Waals surface area contributed by atoms with Crippen molar-refractivity contribution in [2.24, 2.45) is 5.73 Å². The van der Waals surface area contributed by atoms with Gasteiger partial charge in [0, 0.05) is 16.3 Å². The van der Waals surface area contributed by atoms with Gasteiger partial charge in [-0.1, -0.05) is 15.9 Å². The second kappa shape index (κ2) is 5.42. The van der Waals surface area contributed by atoms with Gasteiger partial charge in [-0.15, -0.1) is 0 Å². The molecule has 0 aliphatic heterocycles. The van der Waals surface area contributed by atoms with Gasteiger partial charge in [0.25, 0.3) is 0 Å². The first-order valence-corrected chi connectivity index (χ1v) is 8.50. The van der Waals surface area contributed by atoms with Crippen LogP contribution < -0.4 is 10.5 Å². The van der Waals surface area contributed by atoms with Crippen LogP contribution in [0, 0.1) is 6.92 Å². The predicted molar refractivity (Wildman–Crippen MR) is 81.3 cm³/mol. The molecule has 0 fully saturated rings. The molecule has 1 rings (SSSR count). The fourth-order valence-corrected chi connectivity index (χ4v) is 2.64. The average Bonchev–Trinajstić information content (AvgIpc) is 2.29. The van der Waals surface area contributed by atoms with Crippen molar-refractivity contribution in [3.05, 3.63) is 27.7 Å². The number of benzene rings is 1. The van der Waals surface area contributed by atoms with Gasteiger partial charge < -0.3 is 10.5 Å². The summed E-state index contributed by atoms with van der Waals surface area (Å²) in [5.41, 5.74) is 7.86. The summed E-state index contributed by atoms with van der Waals surface area (Å²) >= 11 is 3.43. The molecule has 0 spiro atoms. The zero-order valence-electron chi connectivity index (χ0n) is 11.8. The Labute approximate surface area is 123 Å². The minimum atomic E-state index is -3.29. The van der Waals surface area contributed by atoms with Crippen molar-refractivity contribution in [1.82, 2.24) is 0 Å². The predicted octanol–water partition coefficient (Wildman–Crippen LogP) is 2.59. The quantitative estimate of drug-likeness (QED) is 0.906. The molecule has 0 heterocycles. The zero-order valence-corrected chi connectivity index (χ0v) is 14.2. The molecule has 0 aliphatic carbocycles. The summed E-state index contributed by atoms with van der Waals surface area (Å²) < 4.78 is 28.9. The minimum Gasteiger partial charge on any atom is -0.496 e. The number of halogens is 1. The van der Waals surface area contributed by atoms with Crippen molar-refractivity contribution in [1.29, 1.82) is 0 Å². The molecule has 0 radical (unpaired) electrons. The van der Waals surface area contributed by atoms with E-state index in [4.69, 9.17) is 10.5 Å². The molecule has 1 unspecified atom stereocenters. The highest BCUT2D eigenvalue weighted by atomic mass is 79.9. The van der Waals surface area contributed by atoms with Crippen molar-refractivity contribution in [2.75, 3.05) is 13.4 Å². The lowest BCUT2D eigenvalue weighted by Crippen LogP contribution is -2.42. The Hall–Kier alpha value is -0.590. The lowest BCUT2D eigenvalue weighted by atomic mass is 9.94. The summed E-state index contributed by atoms with van der Waals surface area (Å²) in [5.74, 6) is 0.602. The highest BCUT2D eigenvalue weighted by Crippen LogP contribution is 2.37. The third-order valence-corrected chi connectivity index (χ3v) is 6.57. The van der Waals surface area contributed by atoms with E-state index < -0.39 is 20.6 Å². The van der Waals surface area contributed by atoms with Gasteiger partial charge in [0.1, 0.15) is 5.75 Å². The van der Waals surface area contributed by atoms with Crippen LogP contribution in [0.2, 0.25) is 0 Å². The van der Waals surface area contributed by atoms with Crippen LogP contribution in [0.5, 0.6) is 5.75 Å². The number of rotatable bonds is 4. The van der Waals surface area contributed by atoms with Gasteiger partial charge in [-0.25, -0.2) is 8.42 Å². The summed E-state index contributed by atoms with van der Waals surface area (Å²) in [4.78, 5) is 0. The van der Waals surface area contributed by atoms with Gasteiger partial charge in [0.2, 0.25) is 0 Å². The summed E-state index contributed by atoms with van der Waals surface area (Å²) in [6, 6.07) is 3.00. The molecule has 4 nitrogen and oxygen atoms in total. The van der Waals surface area contributed by atoms with Gasteiger partial charge in [0.15, 0.2) is 9.84 Å². The van der Waals surface area contributed by atoms with E-state index in [0.717, 1.165) is 10.0 Å². The van der Waals surface area contributed by atoms with E-state index in [1.807, 2.05) is 19.1 Å². The minimum absolute atomic E-state index is 0.602. The Bertz CT molecular complexity index is 582. The fourth-order valence-electron chi connectivity index (χ4n) is 1.70. The molecule has 6 heteroatoms. The largest absolute Gasteiger partial charge is 0.496 e. The van der Waals surface area contributed by atoms with Crippen LogP contribution >= 0.6 is 15.9 Å². The number of sulfone groups is 1. The smallest absolute Gasteiger partial charge is 0.154 e. The lowest BCUT2D eigenvalue weighted by Gasteiger charge is -2.31. The Morgan fingerprint density at radius 3 is 2.32 bits per heavy atom. The summed E-state index contributed by atoms with van der Waals surface area (Å²) in [6.45, 7) is 5.18. The lowest BCUT2D eigenvalue weighted by molar-refractivity contribution is 0.397. The normalized spacial score (nSPS) is 14.3. The van der Waals surface area contributed by atoms with E-state index in [1.165, 1.54) is 6.26 Å². The Kier molecular flexibility index (Phi) is 4.70. The molecule has 0 bridgehead atoms. The molecule has 108 valence electrons. The van der Waals surface area contributed by atoms with Crippen LogP contribution in [0.4, 0.5) is 0 Å². The highest BCUT2D eigenvalue weighted by molar-refractivity contribution is 9.10. The molecule has 0 amide bonds. The first-order valence-electron chi connectivity index (χ1n) is 5.81. The number of nitrogens with two attached hydrogens (primary N) is 1. The van der Waals surface area contributed by atoms with Crippen molar-refractivity contribution < 1.29 is 13.2 Å². The molecule has 0 aliphatic rings. The van der Waals surface area contributed by atoms with E-state index in [-0.39, 0.29) is 0 Å². The maximum Gasteiger partial charge on any atom is 0.154 e. The maximum atomic E-state index is 11.9. The van der Waals surface area contributed by atoms with Gasteiger partial charge >= 0.3 is 0 Å². The first-order chi connectivity index (χ1) is 8.52. The van der Waals surface area contributed by atoms with E-state index in [0.29, 0.717) is 11.3 Å². The molecule has 0 saturated carbocycles. The Morgan fingerprint density at radius 2 is 1.89 bits per heavy atom. The molecule has 0 saturated heterocycles. The van der Waals surface area contributed by atoms with Crippen LogP contribution in [-0.4, -0.2) is 26.5 Å². The topological polar surface area (TPSA) is 69.4 Å². The van der Waals surface area contributed by atoms with Crippen molar-refractivity contribution in [2.45, 2.75) is 31.6 Å². The van der Waals surface area contributed by atoms with E-state index in [9.17, 15) is 8.42 Å². The van der Waals surface area contributed by atoms with Crippen LogP contribution in [0.1, 0.15) is 31.0 Å². The molecular formula is C13H20BrNO3S. The summed E-state index contributed by atoms with van der Waals surface area (Å²) in [5, 5.41) is 0. The van der Waals surface area contributed by atoms with Crippen molar-refractivity contribution in [3.8, 4) is 5.75 Å². The highest BCUT2D eigenvalue weighted by Gasteiger charge is 2.39. The molecule has 1 aromatic carbocycles. The average molecular weight is 350 g/mol. The van der Waals surface area contributed by atoms with Crippen LogP contribution in [0.3, 0.4) is 0 Å². The third-order valence-electron chi connectivity index (χ3n) is 3.55. The van der Waals surface area contributed by atoms with Crippen molar-refractivity contribution in [3.63, 3.8) is 0 Å². The summed E-state index contributed by atoms with van der Waals surface area (Å²) in [6.07, 6.45) is 1.20. The first kappa shape index (κ1) is 16.5. The third kappa shape index (κ3) is 3.12. The van der Waals surface area contributed by atoms with Crippen LogP contribution in [0.25, 0.3) is 0 Å². The molecule has 1 aromatic rings. The van der Waals surface area contributed by atoms with Crippen LogP contribution in [0.15, 0.2) is 16.6 Å². The Morgan fingerprint density at radius 1 is 1.37 bits per heavy atom. The monoisotopic (exact) mass is 349 g/mol. The molecule has 1 atom stereocenters. The van der Waals surface area contributed by atoms with E-state index >= 15 is 0 Å². The Balaban J connectivity index is 3.42. The molecular weight excluding hydrogens is 330 g/mol. The number of hydrogen-bond donors (Lipinski definition) is 1. The zero-order chi connectivity index (χ0) is 15.0. The maximum absolute atomic E-state index is 11.9. The van der Waals surface area contributed by atoms with Crippen molar-refractivity contribution >= 4 is 25.8 Å². The van der Waals surface area contributed by atoms with Gasteiger partial charge in [-0.05, 0) is 38.5 Å².